The predicted octanol–water partition coefficient (Wildman–Crippen LogP) is 0.848. The summed E-state index contributed by atoms with van der Waals surface area (Å²) in [6.07, 6.45) is 3.88. The second kappa shape index (κ2) is 5.75. The number of aromatic nitrogens is 5. The molecule has 120 valence electrons. The maximum absolute atomic E-state index is 4.54. The van der Waals surface area contributed by atoms with E-state index in [1.807, 2.05) is 19.4 Å². The summed E-state index contributed by atoms with van der Waals surface area (Å²) in [6.45, 7) is 3.84. The Hall–Kier alpha value is -2.25. The third-order valence-corrected chi connectivity index (χ3v) is 4.57. The van der Waals surface area contributed by atoms with Gasteiger partial charge in [0.2, 0.25) is 0 Å². The first kappa shape index (κ1) is 14.3. The Morgan fingerprint density at radius 2 is 2.22 bits per heavy atom. The van der Waals surface area contributed by atoms with Crippen molar-refractivity contribution >= 4 is 11.0 Å². The topological polar surface area (TPSA) is 63.8 Å². The molecule has 3 heterocycles. The lowest BCUT2D eigenvalue weighted by molar-refractivity contribution is 0.145. The Bertz CT molecular complexity index is 819. The molecule has 1 aromatic carbocycles. The van der Waals surface area contributed by atoms with Gasteiger partial charge in [0.05, 0.1) is 11.6 Å². The minimum atomic E-state index is 0.293. The zero-order valence-electron chi connectivity index (χ0n) is 13.5. The lowest BCUT2D eigenvalue weighted by Gasteiger charge is -2.35. The van der Waals surface area contributed by atoms with Crippen LogP contribution in [0.3, 0.4) is 0 Å². The summed E-state index contributed by atoms with van der Waals surface area (Å²) >= 11 is 0. The first-order valence-electron chi connectivity index (χ1n) is 7.92. The quantitative estimate of drug-likeness (QED) is 0.777. The van der Waals surface area contributed by atoms with Gasteiger partial charge < -0.3 is 9.88 Å². The molecule has 0 aliphatic carbocycles. The molecule has 1 aliphatic rings. The van der Waals surface area contributed by atoms with Gasteiger partial charge in [-0.3, -0.25) is 4.90 Å². The van der Waals surface area contributed by atoms with Gasteiger partial charge in [-0.15, -0.1) is 5.10 Å². The summed E-state index contributed by atoms with van der Waals surface area (Å²) in [6, 6.07) is 6.70. The highest BCUT2D eigenvalue weighted by Gasteiger charge is 2.26. The fourth-order valence-corrected chi connectivity index (χ4v) is 3.31. The largest absolute Gasteiger partial charge is 0.337 e. The maximum Gasteiger partial charge on any atom is 0.127 e. The van der Waals surface area contributed by atoms with E-state index in [9.17, 15) is 0 Å². The van der Waals surface area contributed by atoms with Gasteiger partial charge in [-0.25, -0.2) is 9.67 Å². The van der Waals surface area contributed by atoms with Crippen LogP contribution < -0.4 is 5.32 Å². The number of benzene rings is 1. The number of fused-ring (bicyclic) bond motifs is 1. The molecule has 1 saturated heterocycles. The fourth-order valence-electron chi connectivity index (χ4n) is 3.31. The van der Waals surface area contributed by atoms with Crippen LogP contribution in [0.1, 0.15) is 17.4 Å². The minimum absolute atomic E-state index is 0.293. The number of hydrogen-bond acceptors (Lipinski definition) is 5. The molecule has 3 aromatic rings. The highest BCUT2D eigenvalue weighted by Crippen LogP contribution is 2.23. The molecule has 0 saturated carbocycles. The Morgan fingerprint density at radius 1 is 1.30 bits per heavy atom. The molecule has 2 aromatic heterocycles. The molecule has 1 aliphatic heterocycles. The van der Waals surface area contributed by atoms with Gasteiger partial charge in [-0.2, -0.15) is 0 Å². The zero-order valence-corrected chi connectivity index (χ0v) is 13.5. The summed E-state index contributed by atoms with van der Waals surface area (Å²) in [5, 5.41) is 11.8. The molecule has 0 bridgehead atoms. The van der Waals surface area contributed by atoms with Crippen molar-refractivity contribution in [1.82, 2.24) is 34.8 Å². The van der Waals surface area contributed by atoms with Gasteiger partial charge in [0, 0.05) is 52.7 Å². The van der Waals surface area contributed by atoms with Gasteiger partial charge in [0.1, 0.15) is 11.3 Å². The molecular formula is C16H21N7. The van der Waals surface area contributed by atoms with Gasteiger partial charge in [0.15, 0.2) is 0 Å². The van der Waals surface area contributed by atoms with Gasteiger partial charge in [0.25, 0.3) is 0 Å². The summed E-state index contributed by atoms with van der Waals surface area (Å²) in [5.74, 6) is 1.11. The number of nitrogens with one attached hydrogen (secondary N) is 1. The zero-order chi connectivity index (χ0) is 15.8. The summed E-state index contributed by atoms with van der Waals surface area (Å²) in [5.41, 5.74) is 3.28. The van der Waals surface area contributed by atoms with Gasteiger partial charge >= 0.3 is 0 Å². The van der Waals surface area contributed by atoms with Crippen LogP contribution in [-0.4, -0.2) is 49.1 Å². The first-order valence-corrected chi connectivity index (χ1v) is 7.92. The van der Waals surface area contributed by atoms with Crippen molar-refractivity contribution in [3.8, 4) is 0 Å². The molecule has 4 rings (SSSR count). The van der Waals surface area contributed by atoms with Crippen LogP contribution in [0.25, 0.3) is 11.0 Å². The van der Waals surface area contributed by atoms with E-state index < -0.39 is 0 Å². The number of imidazole rings is 1. The average molecular weight is 311 g/mol. The van der Waals surface area contributed by atoms with Crippen molar-refractivity contribution in [2.24, 2.45) is 14.1 Å². The maximum atomic E-state index is 4.54. The van der Waals surface area contributed by atoms with Crippen molar-refractivity contribution in [2.75, 3.05) is 19.6 Å². The molecule has 7 nitrogen and oxygen atoms in total. The second-order valence-corrected chi connectivity index (χ2v) is 6.12. The van der Waals surface area contributed by atoms with Gasteiger partial charge in [-0.1, -0.05) is 11.3 Å². The number of aryl methyl sites for hydroxylation is 2. The Kier molecular flexibility index (Phi) is 3.59. The summed E-state index contributed by atoms with van der Waals surface area (Å²) < 4.78 is 3.91. The molecular weight excluding hydrogens is 290 g/mol. The molecule has 1 N–H and O–H groups in total. The van der Waals surface area contributed by atoms with Crippen molar-refractivity contribution in [2.45, 2.75) is 12.6 Å². The normalized spacial score (nSPS) is 19.5. The number of rotatable bonds is 3. The van der Waals surface area contributed by atoms with Crippen molar-refractivity contribution in [1.29, 1.82) is 0 Å². The van der Waals surface area contributed by atoms with Crippen LogP contribution in [0.5, 0.6) is 0 Å². The number of nitrogens with zero attached hydrogens (tertiary/aromatic N) is 6. The molecule has 0 spiro atoms. The smallest absolute Gasteiger partial charge is 0.127 e. The lowest BCUT2D eigenvalue weighted by Crippen LogP contribution is -2.46. The SMILES string of the molecule is Cn1ccnc1C1CNCCN1Cc1ccc2c(c1)nnn2C. The highest BCUT2D eigenvalue weighted by atomic mass is 15.4. The molecule has 1 atom stereocenters. The molecule has 23 heavy (non-hydrogen) atoms. The second-order valence-electron chi connectivity index (χ2n) is 6.12. The third-order valence-electron chi connectivity index (χ3n) is 4.57. The van der Waals surface area contributed by atoms with E-state index in [2.05, 4.69) is 55.3 Å². The third kappa shape index (κ3) is 2.62. The minimum Gasteiger partial charge on any atom is -0.337 e. The van der Waals surface area contributed by atoms with Crippen LogP contribution in [0.15, 0.2) is 30.6 Å². The predicted molar refractivity (Wildman–Crippen MR) is 87.7 cm³/mol. The van der Waals surface area contributed by atoms with Crippen LogP contribution in [0, 0.1) is 0 Å². The van der Waals surface area contributed by atoms with Crippen molar-refractivity contribution < 1.29 is 0 Å². The lowest BCUT2D eigenvalue weighted by atomic mass is 10.1. The van der Waals surface area contributed by atoms with Crippen LogP contribution in [0.4, 0.5) is 0 Å². The number of piperazine rings is 1. The average Bonchev–Trinajstić information content (AvgIpc) is 3.14. The fraction of sp³-hybridized carbons (Fsp3) is 0.438. The monoisotopic (exact) mass is 311 g/mol. The van der Waals surface area contributed by atoms with Crippen LogP contribution in [0.2, 0.25) is 0 Å². The molecule has 1 fully saturated rings. The molecule has 0 amide bonds. The Labute approximate surface area is 134 Å². The molecule has 7 heteroatoms. The summed E-state index contributed by atoms with van der Waals surface area (Å²) in [4.78, 5) is 7.02. The van der Waals surface area contributed by atoms with Crippen LogP contribution >= 0.6 is 0 Å². The van der Waals surface area contributed by atoms with E-state index in [0.717, 1.165) is 43.0 Å². The van der Waals surface area contributed by atoms with E-state index in [1.165, 1.54) is 5.56 Å². The molecule has 1 unspecified atom stereocenters. The van der Waals surface area contributed by atoms with E-state index in [0.29, 0.717) is 6.04 Å². The van der Waals surface area contributed by atoms with Gasteiger partial charge in [-0.05, 0) is 17.7 Å². The Morgan fingerprint density at radius 3 is 3.04 bits per heavy atom. The van der Waals surface area contributed by atoms with Crippen molar-refractivity contribution in [3.05, 3.63) is 42.0 Å². The Balaban J connectivity index is 1.60. The van der Waals surface area contributed by atoms with Crippen molar-refractivity contribution in [3.63, 3.8) is 0 Å². The van der Waals surface area contributed by atoms with E-state index in [4.69, 9.17) is 0 Å². The standard InChI is InChI=1S/C16H21N7/c1-21-7-6-18-16(21)15-10-17-5-8-23(15)11-12-3-4-14-13(9-12)19-20-22(14)2/h3-4,6-7,9,15,17H,5,8,10-11H2,1-2H3. The van der Waals surface area contributed by atoms with E-state index in [-0.39, 0.29) is 0 Å². The highest BCUT2D eigenvalue weighted by molar-refractivity contribution is 5.74. The first-order chi connectivity index (χ1) is 11.2. The molecule has 0 radical (unpaired) electrons. The van der Waals surface area contributed by atoms with E-state index in [1.54, 1.807) is 4.68 Å². The summed E-state index contributed by atoms with van der Waals surface area (Å²) in [7, 11) is 3.98. The number of hydrogen-bond donors (Lipinski definition) is 1. The van der Waals surface area contributed by atoms with Crippen LogP contribution in [-0.2, 0) is 20.6 Å². The van der Waals surface area contributed by atoms with E-state index >= 15 is 0 Å².